The Morgan fingerprint density at radius 3 is 3.24 bits per heavy atom. The Balaban J connectivity index is 1.67. The smallest absolute Gasteiger partial charge is 0.109 e. The Morgan fingerprint density at radius 1 is 1.47 bits per heavy atom. The summed E-state index contributed by atoms with van der Waals surface area (Å²) < 4.78 is 2.28. The van der Waals surface area contributed by atoms with Gasteiger partial charge in [-0.2, -0.15) is 11.8 Å². The second kappa shape index (κ2) is 5.02. The van der Waals surface area contributed by atoms with Crippen molar-refractivity contribution >= 4 is 11.8 Å². The van der Waals surface area contributed by atoms with Gasteiger partial charge in [-0.25, -0.2) is 4.98 Å². The summed E-state index contributed by atoms with van der Waals surface area (Å²) in [5.74, 6) is 4.77. The Bertz CT molecular complexity index is 382. The number of nitrogens with zero attached hydrogens (tertiary/aromatic N) is 2. The predicted molar refractivity (Wildman–Crippen MR) is 72.3 cm³/mol. The lowest BCUT2D eigenvalue weighted by molar-refractivity contribution is 0.453. The average molecular weight is 251 g/mol. The number of hydrogen-bond donors (Lipinski definition) is 1. The fourth-order valence-electron chi connectivity index (χ4n) is 2.89. The minimum atomic E-state index is 0.329. The lowest BCUT2D eigenvalue weighted by Crippen LogP contribution is -2.31. The van der Waals surface area contributed by atoms with Gasteiger partial charge in [0.15, 0.2) is 0 Å². The van der Waals surface area contributed by atoms with Crippen LogP contribution in [0.25, 0.3) is 0 Å². The van der Waals surface area contributed by atoms with Crippen molar-refractivity contribution < 1.29 is 0 Å². The summed E-state index contributed by atoms with van der Waals surface area (Å²) in [5.41, 5.74) is 7.28. The third-order valence-electron chi connectivity index (χ3n) is 3.83. The van der Waals surface area contributed by atoms with Crippen molar-refractivity contribution in [2.75, 3.05) is 11.5 Å². The van der Waals surface area contributed by atoms with Crippen molar-refractivity contribution in [1.82, 2.24) is 9.55 Å². The highest BCUT2D eigenvalue weighted by atomic mass is 32.2. The van der Waals surface area contributed by atoms with Crippen LogP contribution in [0.1, 0.15) is 30.8 Å². The van der Waals surface area contributed by atoms with E-state index < -0.39 is 0 Å². The first-order valence-corrected chi connectivity index (χ1v) is 7.85. The molecule has 1 fully saturated rings. The molecule has 0 amide bonds. The van der Waals surface area contributed by atoms with Crippen molar-refractivity contribution in [3.8, 4) is 0 Å². The molecule has 2 aliphatic rings. The van der Waals surface area contributed by atoms with Gasteiger partial charge in [0.1, 0.15) is 5.82 Å². The monoisotopic (exact) mass is 251 g/mol. The van der Waals surface area contributed by atoms with Crippen LogP contribution in [0.2, 0.25) is 0 Å². The van der Waals surface area contributed by atoms with E-state index in [0.29, 0.717) is 6.04 Å². The predicted octanol–water partition coefficient (Wildman–Crippen LogP) is 1.84. The highest BCUT2D eigenvalue weighted by Gasteiger charge is 2.20. The van der Waals surface area contributed by atoms with E-state index in [2.05, 4.69) is 22.5 Å². The van der Waals surface area contributed by atoms with Crippen molar-refractivity contribution in [3.05, 3.63) is 17.7 Å². The number of thioether (sulfide) groups is 1. The molecule has 0 radical (unpaired) electrons. The molecule has 0 saturated carbocycles. The van der Waals surface area contributed by atoms with E-state index in [1.54, 1.807) is 0 Å². The SMILES string of the molecule is NC1CCc2nc(CC3CCCSC3)cn2C1. The highest BCUT2D eigenvalue weighted by molar-refractivity contribution is 7.99. The normalized spacial score (nSPS) is 29.0. The third-order valence-corrected chi connectivity index (χ3v) is 5.12. The first kappa shape index (κ1) is 11.6. The summed E-state index contributed by atoms with van der Waals surface area (Å²) in [7, 11) is 0. The molecule has 3 nitrogen and oxygen atoms in total. The summed E-state index contributed by atoms with van der Waals surface area (Å²) in [6, 6.07) is 0.329. The number of hydrogen-bond acceptors (Lipinski definition) is 3. The van der Waals surface area contributed by atoms with Crippen LogP contribution in [0.15, 0.2) is 6.20 Å². The Morgan fingerprint density at radius 2 is 2.41 bits per heavy atom. The van der Waals surface area contributed by atoms with E-state index in [0.717, 1.165) is 25.3 Å². The third kappa shape index (κ3) is 2.68. The largest absolute Gasteiger partial charge is 0.333 e. The minimum Gasteiger partial charge on any atom is -0.333 e. The Labute approximate surface area is 107 Å². The molecular weight excluding hydrogens is 230 g/mol. The molecule has 94 valence electrons. The molecule has 1 saturated heterocycles. The van der Waals surface area contributed by atoms with Gasteiger partial charge in [0, 0.05) is 25.2 Å². The molecule has 1 aromatic rings. The van der Waals surface area contributed by atoms with Gasteiger partial charge >= 0.3 is 0 Å². The van der Waals surface area contributed by atoms with Crippen LogP contribution < -0.4 is 5.73 Å². The first-order valence-electron chi connectivity index (χ1n) is 6.69. The summed E-state index contributed by atoms with van der Waals surface area (Å²) in [4.78, 5) is 4.78. The van der Waals surface area contributed by atoms with Gasteiger partial charge in [-0.15, -0.1) is 0 Å². The van der Waals surface area contributed by atoms with Crippen LogP contribution in [0.4, 0.5) is 0 Å². The Hall–Kier alpha value is -0.480. The molecule has 1 aromatic heterocycles. The number of imidazole rings is 1. The zero-order valence-electron chi connectivity index (χ0n) is 10.3. The van der Waals surface area contributed by atoms with Crippen molar-refractivity contribution in [2.45, 2.75) is 44.7 Å². The summed E-state index contributed by atoms with van der Waals surface area (Å²) in [5, 5.41) is 0. The van der Waals surface area contributed by atoms with Gasteiger partial charge in [0.05, 0.1) is 5.69 Å². The van der Waals surface area contributed by atoms with Crippen molar-refractivity contribution in [2.24, 2.45) is 11.7 Å². The standard InChI is InChI=1S/C13H21N3S/c14-11-3-4-13-15-12(8-16(13)7-11)6-10-2-1-5-17-9-10/h8,10-11H,1-7,9,14H2. The number of nitrogens with two attached hydrogens (primary N) is 1. The van der Waals surface area contributed by atoms with Gasteiger partial charge in [-0.1, -0.05) is 0 Å². The molecule has 3 heterocycles. The van der Waals surface area contributed by atoms with Crippen LogP contribution >= 0.6 is 11.8 Å². The maximum Gasteiger partial charge on any atom is 0.109 e. The number of aromatic nitrogens is 2. The maximum atomic E-state index is 5.99. The molecule has 2 aliphatic heterocycles. The topological polar surface area (TPSA) is 43.8 Å². The van der Waals surface area contributed by atoms with Gasteiger partial charge in [0.25, 0.3) is 0 Å². The van der Waals surface area contributed by atoms with Gasteiger partial charge in [0.2, 0.25) is 0 Å². The molecule has 0 aromatic carbocycles. The number of rotatable bonds is 2. The molecule has 2 unspecified atom stereocenters. The lowest BCUT2D eigenvalue weighted by atomic mass is 10.00. The maximum absolute atomic E-state index is 5.99. The van der Waals surface area contributed by atoms with E-state index in [1.807, 2.05) is 0 Å². The van der Waals surface area contributed by atoms with Crippen LogP contribution in [0.3, 0.4) is 0 Å². The molecule has 17 heavy (non-hydrogen) atoms. The van der Waals surface area contributed by atoms with E-state index in [-0.39, 0.29) is 0 Å². The second-order valence-electron chi connectivity index (χ2n) is 5.39. The van der Waals surface area contributed by atoms with Crippen LogP contribution in [-0.2, 0) is 19.4 Å². The average Bonchev–Trinajstić information content (AvgIpc) is 2.71. The highest BCUT2D eigenvalue weighted by Crippen LogP contribution is 2.26. The van der Waals surface area contributed by atoms with Crippen LogP contribution in [0, 0.1) is 5.92 Å². The summed E-state index contributed by atoms with van der Waals surface area (Å²) in [6.45, 7) is 0.960. The van der Waals surface area contributed by atoms with E-state index in [1.165, 1.54) is 42.3 Å². The van der Waals surface area contributed by atoms with E-state index in [9.17, 15) is 0 Å². The van der Waals surface area contributed by atoms with Gasteiger partial charge in [-0.05, 0) is 43.1 Å². The fraction of sp³-hybridized carbons (Fsp3) is 0.769. The minimum absolute atomic E-state index is 0.329. The molecule has 3 rings (SSSR count). The van der Waals surface area contributed by atoms with Crippen molar-refractivity contribution in [1.29, 1.82) is 0 Å². The molecule has 0 aliphatic carbocycles. The second-order valence-corrected chi connectivity index (χ2v) is 6.54. The van der Waals surface area contributed by atoms with Crippen LogP contribution in [-0.4, -0.2) is 27.1 Å². The molecule has 2 atom stereocenters. The van der Waals surface area contributed by atoms with E-state index in [4.69, 9.17) is 10.7 Å². The zero-order chi connectivity index (χ0) is 11.7. The molecule has 0 bridgehead atoms. The van der Waals surface area contributed by atoms with E-state index >= 15 is 0 Å². The van der Waals surface area contributed by atoms with Crippen LogP contribution in [0.5, 0.6) is 0 Å². The fourth-order valence-corrected chi connectivity index (χ4v) is 4.05. The molecule has 2 N–H and O–H groups in total. The van der Waals surface area contributed by atoms with Gasteiger partial charge < -0.3 is 10.3 Å². The van der Waals surface area contributed by atoms with Gasteiger partial charge in [-0.3, -0.25) is 0 Å². The first-order chi connectivity index (χ1) is 8.31. The Kier molecular flexibility index (Phi) is 3.43. The molecular formula is C13H21N3S. The summed E-state index contributed by atoms with van der Waals surface area (Å²) in [6.07, 6.45) is 8.33. The number of aryl methyl sites for hydroxylation is 1. The number of fused-ring (bicyclic) bond motifs is 1. The zero-order valence-corrected chi connectivity index (χ0v) is 11.1. The molecule has 0 spiro atoms. The summed E-state index contributed by atoms with van der Waals surface area (Å²) >= 11 is 2.10. The molecule has 4 heteroatoms. The quantitative estimate of drug-likeness (QED) is 0.872. The lowest BCUT2D eigenvalue weighted by Gasteiger charge is -2.20. The van der Waals surface area contributed by atoms with Crippen molar-refractivity contribution in [3.63, 3.8) is 0 Å².